The molecule has 13 heavy (non-hydrogen) atoms. The highest BCUT2D eigenvalue weighted by molar-refractivity contribution is 6.32. The van der Waals surface area contributed by atoms with Crippen molar-refractivity contribution < 1.29 is 9.50 Å². The van der Waals surface area contributed by atoms with Crippen LogP contribution < -0.4 is 5.32 Å². The van der Waals surface area contributed by atoms with Gasteiger partial charge in [-0.15, -0.1) is 0 Å². The molecule has 0 spiro atoms. The summed E-state index contributed by atoms with van der Waals surface area (Å²) in [7, 11) is 0. The Balaban J connectivity index is 2.37. The Hall–Kier alpha value is -0.800. The fraction of sp³-hybridized carbons (Fsp3) is 0.333. The highest BCUT2D eigenvalue weighted by Crippen LogP contribution is 2.32. The van der Waals surface area contributed by atoms with Gasteiger partial charge in [0.25, 0.3) is 0 Å². The van der Waals surface area contributed by atoms with Gasteiger partial charge in [0.1, 0.15) is 0 Å². The van der Waals surface area contributed by atoms with Crippen LogP contribution >= 0.6 is 11.6 Å². The number of nitrogens with one attached hydrogen (secondary N) is 1. The van der Waals surface area contributed by atoms with Gasteiger partial charge in [-0.25, -0.2) is 4.39 Å². The van der Waals surface area contributed by atoms with Gasteiger partial charge in [-0.3, -0.25) is 0 Å². The van der Waals surface area contributed by atoms with E-state index in [-0.39, 0.29) is 11.1 Å². The third-order valence-electron chi connectivity index (χ3n) is 2.27. The standard InChI is InChI=1S/C9H9ClFNO/c10-6-3-5(8-1-2-12-8)4-7(11)9(6)13/h3-4,8,12-13H,1-2H2/t8-/m0/s1. The van der Waals surface area contributed by atoms with E-state index in [1.807, 2.05) is 0 Å². The maximum absolute atomic E-state index is 13.0. The molecule has 0 aromatic heterocycles. The summed E-state index contributed by atoms with van der Waals surface area (Å²) in [5.41, 5.74) is 0.798. The summed E-state index contributed by atoms with van der Waals surface area (Å²) in [5.74, 6) is -1.12. The molecule has 1 saturated heterocycles. The lowest BCUT2D eigenvalue weighted by molar-refractivity contribution is 0.379. The Morgan fingerprint density at radius 1 is 1.54 bits per heavy atom. The predicted molar refractivity (Wildman–Crippen MR) is 48.4 cm³/mol. The molecule has 1 fully saturated rings. The zero-order valence-electron chi connectivity index (χ0n) is 6.85. The molecule has 0 unspecified atom stereocenters. The lowest BCUT2D eigenvalue weighted by Gasteiger charge is -2.28. The molecule has 0 aliphatic carbocycles. The first-order chi connectivity index (χ1) is 6.18. The molecule has 2 nitrogen and oxygen atoms in total. The second kappa shape index (κ2) is 3.16. The van der Waals surface area contributed by atoms with Gasteiger partial charge in [0, 0.05) is 6.04 Å². The van der Waals surface area contributed by atoms with Crippen LogP contribution in [0, 0.1) is 5.82 Å². The number of rotatable bonds is 1. The van der Waals surface area contributed by atoms with E-state index in [1.54, 1.807) is 6.07 Å². The molecule has 1 aliphatic heterocycles. The zero-order chi connectivity index (χ0) is 9.42. The summed E-state index contributed by atoms with van der Waals surface area (Å²) in [4.78, 5) is 0. The number of phenols is 1. The van der Waals surface area contributed by atoms with Gasteiger partial charge in [-0.2, -0.15) is 0 Å². The zero-order valence-corrected chi connectivity index (χ0v) is 7.61. The maximum atomic E-state index is 13.0. The number of benzene rings is 1. The van der Waals surface area contributed by atoms with Crippen LogP contribution in [-0.2, 0) is 0 Å². The first kappa shape index (κ1) is 8.78. The average Bonchev–Trinajstić information content (AvgIpc) is 1.96. The second-order valence-electron chi connectivity index (χ2n) is 3.13. The monoisotopic (exact) mass is 201 g/mol. The van der Waals surface area contributed by atoms with Crippen molar-refractivity contribution in [2.24, 2.45) is 0 Å². The van der Waals surface area contributed by atoms with Crippen molar-refractivity contribution in [2.45, 2.75) is 12.5 Å². The molecule has 1 aromatic carbocycles. The Morgan fingerprint density at radius 2 is 2.23 bits per heavy atom. The molecule has 4 heteroatoms. The van der Waals surface area contributed by atoms with E-state index in [0.717, 1.165) is 18.5 Å². The van der Waals surface area contributed by atoms with Gasteiger partial charge in [-0.1, -0.05) is 11.6 Å². The van der Waals surface area contributed by atoms with Crippen LogP contribution in [0.25, 0.3) is 0 Å². The molecule has 1 aliphatic rings. The molecular weight excluding hydrogens is 193 g/mol. The summed E-state index contributed by atoms with van der Waals surface area (Å²) < 4.78 is 13.0. The third-order valence-corrected chi connectivity index (χ3v) is 2.55. The van der Waals surface area contributed by atoms with Crippen LogP contribution in [0.2, 0.25) is 5.02 Å². The normalized spacial score (nSPS) is 21.2. The van der Waals surface area contributed by atoms with E-state index in [1.165, 1.54) is 6.07 Å². The van der Waals surface area contributed by atoms with Gasteiger partial charge in [-0.05, 0) is 30.7 Å². The molecule has 0 radical (unpaired) electrons. The van der Waals surface area contributed by atoms with Crippen LogP contribution in [0.5, 0.6) is 5.75 Å². The molecule has 0 saturated carbocycles. The van der Waals surface area contributed by atoms with E-state index < -0.39 is 11.6 Å². The van der Waals surface area contributed by atoms with Gasteiger partial charge >= 0.3 is 0 Å². The van der Waals surface area contributed by atoms with E-state index in [2.05, 4.69) is 5.32 Å². The van der Waals surface area contributed by atoms with Gasteiger partial charge < -0.3 is 10.4 Å². The smallest absolute Gasteiger partial charge is 0.170 e. The topological polar surface area (TPSA) is 32.3 Å². The van der Waals surface area contributed by atoms with E-state index >= 15 is 0 Å². The lowest BCUT2D eigenvalue weighted by atomic mass is 9.98. The fourth-order valence-corrected chi connectivity index (χ4v) is 1.58. The molecule has 2 N–H and O–H groups in total. The summed E-state index contributed by atoms with van der Waals surface area (Å²) >= 11 is 5.63. The highest BCUT2D eigenvalue weighted by atomic mass is 35.5. The molecule has 70 valence electrons. The Morgan fingerprint density at radius 3 is 2.69 bits per heavy atom. The molecule has 2 rings (SSSR count). The van der Waals surface area contributed by atoms with E-state index in [0.29, 0.717) is 0 Å². The highest BCUT2D eigenvalue weighted by Gasteiger charge is 2.20. The van der Waals surface area contributed by atoms with Crippen molar-refractivity contribution in [3.63, 3.8) is 0 Å². The van der Waals surface area contributed by atoms with Crippen LogP contribution in [0.3, 0.4) is 0 Å². The van der Waals surface area contributed by atoms with Gasteiger partial charge in [0.15, 0.2) is 11.6 Å². The van der Waals surface area contributed by atoms with Crippen molar-refractivity contribution in [2.75, 3.05) is 6.54 Å². The van der Waals surface area contributed by atoms with Crippen molar-refractivity contribution in [1.29, 1.82) is 0 Å². The largest absolute Gasteiger partial charge is 0.504 e. The lowest BCUT2D eigenvalue weighted by Crippen LogP contribution is -2.34. The van der Waals surface area contributed by atoms with Crippen LogP contribution in [0.4, 0.5) is 4.39 Å². The van der Waals surface area contributed by atoms with Crippen molar-refractivity contribution in [3.05, 3.63) is 28.5 Å². The second-order valence-corrected chi connectivity index (χ2v) is 3.54. The average molecular weight is 202 g/mol. The van der Waals surface area contributed by atoms with Crippen molar-refractivity contribution >= 4 is 11.6 Å². The maximum Gasteiger partial charge on any atom is 0.170 e. The van der Waals surface area contributed by atoms with Gasteiger partial charge in [0.05, 0.1) is 5.02 Å². The number of hydrogen-bond acceptors (Lipinski definition) is 2. The summed E-state index contributed by atoms with van der Waals surface area (Å²) in [5, 5.41) is 12.3. The van der Waals surface area contributed by atoms with E-state index in [9.17, 15) is 4.39 Å². The number of phenolic OH excluding ortho intramolecular Hbond substituents is 1. The molecule has 0 amide bonds. The third kappa shape index (κ3) is 1.49. The number of hydrogen-bond donors (Lipinski definition) is 2. The predicted octanol–water partition coefficient (Wildman–Crippen LogP) is 2.22. The quantitative estimate of drug-likeness (QED) is 0.730. The minimum Gasteiger partial charge on any atom is -0.504 e. The van der Waals surface area contributed by atoms with Crippen LogP contribution in [-0.4, -0.2) is 11.7 Å². The van der Waals surface area contributed by atoms with Crippen LogP contribution in [0.1, 0.15) is 18.0 Å². The Kier molecular flexibility index (Phi) is 2.14. The minimum atomic E-state index is -0.656. The fourth-order valence-electron chi connectivity index (χ4n) is 1.36. The van der Waals surface area contributed by atoms with E-state index in [4.69, 9.17) is 16.7 Å². The van der Waals surface area contributed by atoms with Crippen molar-refractivity contribution in [3.8, 4) is 5.75 Å². The minimum absolute atomic E-state index is 0.0729. The molecule has 0 bridgehead atoms. The van der Waals surface area contributed by atoms with Crippen LogP contribution in [0.15, 0.2) is 12.1 Å². The number of aromatic hydroxyl groups is 1. The summed E-state index contributed by atoms with van der Waals surface area (Å²) in [6.07, 6.45) is 0.987. The molecule has 1 atom stereocenters. The molecular formula is C9H9ClFNO. The SMILES string of the molecule is Oc1c(F)cc([C@@H]2CCN2)cc1Cl. The first-order valence-electron chi connectivity index (χ1n) is 4.10. The molecule has 1 aromatic rings. The molecule has 1 heterocycles. The summed E-state index contributed by atoms with van der Waals surface area (Å²) in [6.45, 7) is 0.949. The first-order valence-corrected chi connectivity index (χ1v) is 4.47. The summed E-state index contributed by atoms with van der Waals surface area (Å²) in [6, 6.07) is 3.10. The van der Waals surface area contributed by atoms with Crippen molar-refractivity contribution in [1.82, 2.24) is 5.32 Å². The van der Waals surface area contributed by atoms with Gasteiger partial charge in [0.2, 0.25) is 0 Å². The number of halogens is 2. The Labute approximate surface area is 80.3 Å². The Bertz CT molecular complexity index is 315.